The maximum absolute atomic E-state index is 6.01. The first-order valence-corrected chi connectivity index (χ1v) is 4.84. The highest BCUT2D eigenvalue weighted by molar-refractivity contribution is 6.32. The largest absolute Gasteiger partial charge is 0.244 e. The average molecular weight is 196 g/mol. The van der Waals surface area contributed by atoms with Crippen LogP contribution in [0.2, 0.25) is 5.15 Å². The van der Waals surface area contributed by atoms with Gasteiger partial charge in [-0.2, -0.15) is 0 Å². The molecule has 0 saturated heterocycles. The van der Waals surface area contributed by atoms with Crippen molar-refractivity contribution < 1.29 is 4.58 Å². The van der Waals surface area contributed by atoms with E-state index >= 15 is 0 Å². The van der Waals surface area contributed by atoms with Crippen molar-refractivity contribution in [3.05, 3.63) is 29.0 Å². The number of halogens is 1. The van der Waals surface area contributed by atoms with Gasteiger partial charge in [-0.1, -0.05) is 11.6 Å². The SMILES string of the molecule is C[N+]1=C(c2cccnc2Cl)CCC1. The molecule has 0 radical (unpaired) electrons. The zero-order valence-electron chi connectivity index (χ0n) is 7.63. The summed E-state index contributed by atoms with van der Waals surface area (Å²) >= 11 is 6.01. The smallest absolute Gasteiger partial charge is 0.186 e. The van der Waals surface area contributed by atoms with Crippen LogP contribution in [0.15, 0.2) is 18.3 Å². The Morgan fingerprint density at radius 2 is 2.38 bits per heavy atom. The zero-order chi connectivity index (χ0) is 9.26. The molecule has 2 rings (SSSR count). The van der Waals surface area contributed by atoms with E-state index in [2.05, 4.69) is 16.6 Å². The monoisotopic (exact) mass is 195 g/mol. The molecule has 0 aliphatic carbocycles. The Morgan fingerprint density at radius 1 is 1.54 bits per heavy atom. The highest BCUT2D eigenvalue weighted by Crippen LogP contribution is 2.18. The number of hydrogen-bond donors (Lipinski definition) is 0. The van der Waals surface area contributed by atoms with Crippen molar-refractivity contribution in [3.8, 4) is 0 Å². The van der Waals surface area contributed by atoms with Gasteiger partial charge in [-0.05, 0) is 12.1 Å². The van der Waals surface area contributed by atoms with Crippen LogP contribution in [-0.4, -0.2) is 28.9 Å². The zero-order valence-corrected chi connectivity index (χ0v) is 8.38. The fourth-order valence-electron chi connectivity index (χ4n) is 1.75. The molecule has 0 unspecified atom stereocenters. The molecule has 2 nitrogen and oxygen atoms in total. The highest BCUT2D eigenvalue weighted by atomic mass is 35.5. The molecule has 0 atom stereocenters. The molecule has 13 heavy (non-hydrogen) atoms. The predicted molar refractivity (Wildman–Crippen MR) is 53.6 cm³/mol. The molecule has 1 aromatic rings. The van der Waals surface area contributed by atoms with Crippen molar-refractivity contribution in [1.29, 1.82) is 0 Å². The van der Waals surface area contributed by atoms with Gasteiger partial charge < -0.3 is 0 Å². The van der Waals surface area contributed by atoms with Crippen molar-refractivity contribution in [3.63, 3.8) is 0 Å². The van der Waals surface area contributed by atoms with Crippen LogP contribution in [0.1, 0.15) is 18.4 Å². The van der Waals surface area contributed by atoms with E-state index < -0.39 is 0 Å². The van der Waals surface area contributed by atoms with Crippen LogP contribution in [0.25, 0.3) is 0 Å². The molecule has 68 valence electrons. The lowest BCUT2D eigenvalue weighted by atomic mass is 10.1. The molecule has 0 bridgehead atoms. The number of aromatic nitrogens is 1. The van der Waals surface area contributed by atoms with Crippen LogP contribution >= 0.6 is 11.6 Å². The summed E-state index contributed by atoms with van der Waals surface area (Å²) in [5.74, 6) is 0. The predicted octanol–water partition coefficient (Wildman–Crippen LogP) is 1.96. The van der Waals surface area contributed by atoms with Crippen molar-refractivity contribution in [1.82, 2.24) is 4.98 Å². The fraction of sp³-hybridized carbons (Fsp3) is 0.400. The first-order chi connectivity index (χ1) is 6.29. The summed E-state index contributed by atoms with van der Waals surface area (Å²) in [6.45, 7) is 1.13. The Morgan fingerprint density at radius 3 is 3.00 bits per heavy atom. The molecule has 0 N–H and O–H groups in total. The third kappa shape index (κ3) is 1.59. The van der Waals surface area contributed by atoms with Gasteiger partial charge in [0.25, 0.3) is 0 Å². The van der Waals surface area contributed by atoms with Crippen LogP contribution < -0.4 is 0 Å². The molecule has 0 saturated carbocycles. The lowest BCUT2D eigenvalue weighted by molar-refractivity contribution is -0.488. The van der Waals surface area contributed by atoms with Crippen molar-refractivity contribution >= 4 is 17.3 Å². The summed E-state index contributed by atoms with van der Waals surface area (Å²) in [5.41, 5.74) is 2.40. The number of rotatable bonds is 1. The molecule has 1 aliphatic rings. The lowest BCUT2D eigenvalue weighted by Gasteiger charge is -1.99. The van der Waals surface area contributed by atoms with E-state index in [4.69, 9.17) is 11.6 Å². The van der Waals surface area contributed by atoms with Gasteiger partial charge in [-0.25, -0.2) is 9.56 Å². The molecular formula is C10H12ClN2+. The van der Waals surface area contributed by atoms with E-state index in [0.29, 0.717) is 5.15 Å². The third-order valence-corrected chi connectivity index (χ3v) is 2.74. The molecule has 1 aromatic heterocycles. The quantitative estimate of drug-likeness (QED) is 0.494. The van der Waals surface area contributed by atoms with E-state index in [1.807, 2.05) is 12.1 Å². The number of pyridine rings is 1. The minimum Gasteiger partial charge on any atom is -0.244 e. The van der Waals surface area contributed by atoms with Gasteiger partial charge in [0.1, 0.15) is 18.7 Å². The summed E-state index contributed by atoms with van der Waals surface area (Å²) in [6, 6.07) is 3.97. The second-order valence-electron chi connectivity index (χ2n) is 3.31. The minimum absolute atomic E-state index is 0.617. The van der Waals surface area contributed by atoms with Gasteiger partial charge >= 0.3 is 0 Å². The molecule has 0 fully saturated rings. The summed E-state index contributed by atoms with van der Waals surface area (Å²) in [7, 11) is 2.10. The van der Waals surface area contributed by atoms with E-state index in [9.17, 15) is 0 Å². The summed E-state index contributed by atoms with van der Waals surface area (Å²) in [5, 5.41) is 0.617. The molecule has 0 amide bonds. The third-order valence-electron chi connectivity index (χ3n) is 2.44. The first-order valence-electron chi connectivity index (χ1n) is 4.47. The van der Waals surface area contributed by atoms with Gasteiger partial charge in [0.2, 0.25) is 0 Å². The van der Waals surface area contributed by atoms with Crippen LogP contribution in [0.4, 0.5) is 0 Å². The van der Waals surface area contributed by atoms with E-state index in [-0.39, 0.29) is 0 Å². The Kier molecular flexibility index (Phi) is 2.32. The van der Waals surface area contributed by atoms with Crippen molar-refractivity contribution in [2.75, 3.05) is 13.6 Å². The Labute approximate surface area is 82.9 Å². The maximum Gasteiger partial charge on any atom is 0.186 e. The van der Waals surface area contributed by atoms with E-state index in [0.717, 1.165) is 18.5 Å². The van der Waals surface area contributed by atoms with Crippen LogP contribution in [0.3, 0.4) is 0 Å². The van der Waals surface area contributed by atoms with Crippen molar-refractivity contribution in [2.24, 2.45) is 0 Å². The molecule has 3 heteroatoms. The fourth-order valence-corrected chi connectivity index (χ4v) is 1.98. The molecule has 0 aromatic carbocycles. The maximum atomic E-state index is 6.01. The number of hydrogen-bond acceptors (Lipinski definition) is 1. The minimum atomic E-state index is 0.617. The van der Waals surface area contributed by atoms with Gasteiger partial charge in [0, 0.05) is 19.0 Å². The summed E-state index contributed by atoms with van der Waals surface area (Å²) in [4.78, 5) is 4.08. The Bertz CT molecular complexity index is 358. The Hall–Kier alpha value is -0.890. The highest BCUT2D eigenvalue weighted by Gasteiger charge is 2.22. The van der Waals surface area contributed by atoms with Crippen molar-refractivity contribution in [2.45, 2.75) is 12.8 Å². The van der Waals surface area contributed by atoms with Gasteiger partial charge in [0.05, 0.1) is 5.56 Å². The van der Waals surface area contributed by atoms with Gasteiger partial charge in [0.15, 0.2) is 5.71 Å². The van der Waals surface area contributed by atoms with Gasteiger partial charge in [-0.15, -0.1) is 0 Å². The first kappa shape index (κ1) is 8.70. The standard InChI is InChI=1S/C10H12ClN2/c1-13-7-3-5-9(13)8-4-2-6-12-10(8)11/h2,4,6H,3,5,7H2,1H3/q+1. The summed E-state index contributed by atoms with van der Waals surface area (Å²) in [6.07, 6.45) is 4.06. The molecule has 0 spiro atoms. The van der Waals surface area contributed by atoms with Crippen LogP contribution in [0, 0.1) is 0 Å². The van der Waals surface area contributed by atoms with E-state index in [1.165, 1.54) is 12.1 Å². The molecule has 2 heterocycles. The second kappa shape index (κ2) is 3.46. The Balaban J connectivity index is 2.46. The van der Waals surface area contributed by atoms with E-state index in [1.54, 1.807) is 6.20 Å². The average Bonchev–Trinajstić information content (AvgIpc) is 2.52. The van der Waals surface area contributed by atoms with Gasteiger partial charge in [-0.3, -0.25) is 0 Å². The summed E-state index contributed by atoms with van der Waals surface area (Å²) < 4.78 is 2.25. The molecular weight excluding hydrogens is 184 g/mol. The second-order valence-corrected chi connectivity index (χ2v) is 3.67. The molecule has 1 aliphatic heterocycles. The normalized spacial score (nSPS) is 16.8. The van der Waals surface area contributed by atoms with Crippen LogP contribution in [0.5, 0.6) is 0 Å². The van der Waals surface area contributed by atoms with Crippen LogP contribution in [-0.2, 0) is 0 Å². The number of nitrogens with zero attached hydrogens (tertiary/aromatic N) is 2. The topological polar surface area (TPSA) is 15.9 Å². The lowest BCUT2D eigenvalue weighted by Crippen LogP contribution is -2.11.